The van der Waals surface area contributed by atoms with Crippen molar-refractivity contribution in [2.24, 2.45) is 0 Å². The van der Waals surface area contributed by atoms with Crippen LogP contribution in [0, 0.1) is 0 Å². The molecule has 5 heteroatoms. The van der Waals surface area contributed by atoms with E-state index >= 15 is 0 Å². The first-order chi connectivity index (χ1) is 8.18. The summed E-state index contributed by atoms with van der Waals surface area (Å²) < 4.78 is 0. The highest BCUT2D eigenvalue weighted by Gasteiger charge is 1.94. The van der Waals surface area contributed by atoms with Crippen molar-refractivity contribution in [1.82, 2.24) is 9.97 Å². The third-order valence-electron chi connectivity index (χ3n) is 1.57. The van der Waals surface area contributed by atoms with Gasteiger partial charge in [-0.15, -0.1) is 12.6 Å². The second-order valence-electron chi connectivity index (χ2n) is 2.98. The summed E-state index contributed by atoms with van der Waals surface area (Å²) in [5.74, 6) is 0. The summed E-state index contributed by atoms with van der Waals surface area (Å²) in [6.45, 7) is 1.55. The molecule has 2 aromatic heterocycles. The van der Waals surface area contributed by atoms with Gasteiger partial charge in [-0.05, 0) is 24.3 Å². The first-order valence-corrected chi connectivity index (χ1v) is 6.12. The SMILES string of the molecule is CC(=O)Sc1ccncc1.Sc1ccncc1. The van der Waals surface area contributed by atoms with Crippen LogP contribution in [-0.2, 0) is 4.79 Å². The van der Waals surface area contributed by atoms with Crippen molar-refractivity contribution in [3.8, 4) is 0 Å². The van der Waals surface area contributed by atoms with Crippen LogP contribution in [0.15, 0.2) is 58.8 Å². The molecule has 2 heterocycles. The Bertz CT molecular complexity index is 449. The number of pyridine rings is 2. The fraction of sp³-hybridized carbons (Fsp3) is 0.0833. The molecule has 0 atom stereocenters. The van der Waals surface area contributed by atoms with Crippen LogP contribution in [0.4, 0.5) is 0 Å². The van der Waals surface area contributed by atoms with Crippen LogP contribution in [0.25, 0.3) is 0 Å². The highest BCUT2D eigenvalue weighted by atomic mass is 32.2. The summed E-state index contributed by atoms with van der Waals surface area (Å²) in [5.41, 5.74) is 0. The van der Waals surface area contributed by atoms with Crippen molar-refractivity contribution in [1.29, 1.82) is 0 Å². The van der Waals surface area contributed by atoms with Crippen LogP contribution < -0.4 is 0 Å². The predicted molar refractivity (Wildman–Crippen MR) is 72.3 cm³/mol. The molecule has 3 nitrogen and oxygen atoms in total. The van der Waals surface area contributed by atoms with E-state index in [-0.39, 0.29) is 5.12 Å². The summed E-state index contributed by atoms with van der Waals surface area (Å²) in [4.78, 5) is 20.1. The molecule has 0 amide bonds. The summed E-state index contributed by atoms with van der Waals surface area (Å²) in [6.07, 6.45) is 6.77. The molecular weight excluding hydrogens is 252 g/mol. The Morgan fingerprint density at radius 3 is 1.88 bits per heavy atom. The van der Waals surface area contributed by atoms with Crippen molar-refractivity contribution in [3.63, 3.8) is 0 Å². The highest BCUT2D eigenvalue weighted by Crippen LogP contribution is 2.15. The molecule has 0 aliphatic heterocycles. The zero-order chi connectivity index (χ0) is 12.5. The quantitative estimate of drug-likeness (QED) is 0.635. The van der Waals surface area contributed by atoms with Gasteiger partial charge in [0.05, 0.1) is 0 Å². The lowest BCUT2D eigenvalue weighted by molar-refractivity contribution is -0.109. The smallest absolute Gasteiger partial charge is 0.190 e. The molecule has 0 fully saturated rings. The van der Waals surface area contributed by atoms with Crippen LogP contribution in [0.1, 0.15) is 6.92 Å². The number of nitrogens with zero attached hydrogens (tertiary/aromatic N) is 2. The number of thioether (sulfide) groups is 1. The van der Waals surface area contributed by atoms with Gasteiger partial charge in [0.15, 0.2) is 5.12 Å². The fourth-order valence-electron chi connectivity index (χ4n) is 0.916. The standard InChI is InChI=1S/C7H7NOS.C5H5NS/c1-6(9)10-7-2-4-8-5-3-7;7-5-1-3-6-4-2-5/h2-5H,1H3;1-4H,(H,6,7). The first-order valence-electron chi connectivity index (χ1n) is 4.86. The molecule has 0 aromatic carbocycles. The topological polar surface area (TPSA) is 42.9 Å². The lowest BCUT2D eigenvalue weighted by Crippen LogP contribution is -1.80. The number of rotatable bonds is 1. The lowest BCUT2D eigenvalue weighted by atomic mass is 10.5. The van der Waals surface area contributed by atoms with Crippen LogP contribution in [0.2, 0.25) is 0 Å². The van der Waals surface area contributed by atoms with E-state index in [1.54, 1.807) is 31.7 Å². The van der Waals surface area contributed by atoms with Crippen molar-refractivity contribution in [2.45, 2.75) is 16.7 Å². The molecule has 0 saturated carbocycles. The molecule has 0 aliphatic carbocycles. The maximum absolute atomic E-state index is 10.6. The number of thiol groups is 1. The molecule has 0 radical (unpaired) electrons. The number of hydrogen-bond acceptors (Lipinski definition) is 5. The van der Waals surface area contributed by atoms with Gasteiger partial charge in [0.25, 0.3) is 0 Å². The molecular formula is C12H12N2OS2. The molecule has 2 rings (SSSR count). The maximum Gasteiger partial charge on any atom is 0.190 e. The van der Waals surface area contributed by atoms with Gasteiger partial charge in [0.1, 0.15) is 0 Å². The van der Waals surface area contributed by atoms with Crippen LogP contribution in [-0.4, -0.2) is 15.1 Å². The molecule has 2 aromatic rings. The molecule has 88 valence electrons. The molecule has 0 spiro atoms. The second-order valence-corrected chi connectivity index (χ2v) is 4.75. The summed E-state index contributed by atoms with van der Waals surface area (Å²) in [5, 5.41) is 0.103. The van der Waals surface area contributed by atoms with E-state index < -0.39 is 0 Å². The Labute approximate surface area is 110 Å². The van der Waals surface area contributed by atoms with Gasteiger partial charge in [0, 0.05) is 41.5 Å². The third kappa shape index (κ3) is 6.76. The lowest BCUT2D eigenvalue weighted by Gasteiger charge is -1.92. The minimum atomic E-state index is 0.103. The Morgan fingerprint density at radius 1 is 1.06 bits per heavy atom. The summed E-state index contributed by atoms with van der Waals surface area (Å²) in [6, 6.07) is 7.30. The predicted octanol–water partition coefficient (Wildman–Crippen LogP) is 3.09. The van der Waals surface area contributed by atoms with E-state index in [0.717, 1.165) is 9.79 Å². The van der Waals surface area contributed by atoms with E-state index in [9.17, 15) is 4.79 Å². The van der Waals surface area contributed by atoms with Crippen molar-refractivity contribution < 1.29 is 4.79 Å². The third-order valence-corrected chi connectivity index (χ3v) is 2.67. The summed E-state index contributed by atoms with van der Waals surface area (Å²) in [7, 11) is 0. The minimum absolute atomic E-state index is 0.103. The van der Waals surface area contributed by atoms with Crippen molar-refractivity contribution in [3.05, 3.63) is 49.1 Å². The van der Waals surface area contributed by atoms with E-state index in [2.05, 4.69) is 22.6 Å². The number of carbonyl (C=O) groups is 1. The monoisotopic (exact) mass is 264 g/mol. The highest BCUT2D eigenvalue weighted by molar-refractivity contribution is 8.13. The van der Waals surface area contributed by atoms with Crippen LogP contribution in [0.5, 0.6) is 0 Å². The number of aromatic nitrogens is 2. The Balaban J connectivity index is 0.000000181. The van der Waals surface area contributed by atoms with Gasteiger partial charge in [0.2, 0.25) is 0 Å². The fourth-order valence-corrected chi connectivity index (χ4v) is 1.64. The zero-order valence-electron chi connectivity index (χ0n) is 9.28. The average molecular weight is 264 g/mol. The second kappa shape index (κ2) is 7.86. The Hall–Kier alpha value is -1.33. The van der Waals surface area contributed by atoms with Crippen LogP contribution >= 0.6 is 24.4 Å². The Kier molecular flexibility index (Phi) is 6.35. The molecule has 0 bridgehead atoms. The van der Waals surface area contributed by atoms with Crippen molar-refractivity contribution >= 4 is 29.5 Å². The van der Waals surface area contributed by atoms with E-state index in [0.29, 0.717) is 0 Å². The van der Waals surface area contributed by atoms with Gasteiger partial charge in [-0.3, -0.25) is 14.8 Å². The number of carbonyl (C=O) groups excluding carboxylic acids is 1. The Morgan fingerprint density at radius 2 is 1.53 bits per heavy atom. The molecule has 0 saturated heterocycles. The van der Waals surface area contributed by atoms with Gasteiger partial charge in [-0.1, -0.05) is 11.8 Å². The molecule has 17 heavy (non-hydrogen) atoms. The minimum Gasteiger partial charge on any atom is -0.287 e. The van der Waals surface area contributed by atoms with Gasteiger partial charge >= 0.3 is 0 Å². The van der Waals surface area contributed by atoms with Crippen molar-refractivity contribution in [2.75, 3.05) is 0 Å². The molecule has 0 N–H and O–H groups in total. The van der Waals surface area contributed by atoms with E-state index in [1.165, 1.54) is 11.8 Å². The largest absolute Gasteiger partial charge is 0.287 e. The van der Waals surface area contributed by atoms with Crippen LogP contribution in [0.3, 0.4) is 0 Å². The number of hydrogen-bond donors (Lipinski definition) is 1. The normalized spacial score (nSPS) is 9.06. The van der Waals surface area contributed by atoms with E-state index in [1.807, 2.05) is 24.3 Å². The molecule has 0 aliphatic rings. The maximum atomic E-state index is 10.6. The average Bonchev–Trinajstić information content (AvgIpc) is 2.31. The first kappa shape index (κ1) is 13.7. The zero-order valence-corrected chi connectivity index (χ0v) is 11.0. The molecule has 0 unspecified atom stereocenters. The van der Waals surface area contributed by atoms with Gasteiger partial charge in [-0.25, -0.2) is 0 Å². The van der Waals surface area contributed by atoms with Gasteiger partial charge < -0.3 is 0 Å². The van der Waals surface area contributed by atoms with E-state index in [4.69, 9.17) is 0 Å². The van der Waals surface area contributed by atoms with Gasteiger partial charge in [-0.2, -0.15) is 0 Å². The summed E-state index contributed by atoms with van der Waals surface area (Å²) >= 11 is 5.26.